The third-order valence-electron chi connectivity index (χ3n) is 5.99. The Balaban J connectivity index is 1.45. The van der Waals surface area contributed by atoms with Crippen LogP contribution in [0, 0.1) is 11.1 Å². The fourth-order valence-corrected chi connectivity index (χ4v) is 5.03. The predicted octanol–water partition coefficient (Wildman–Crippen LogP) is 2.96. The van der Waals surface area contributed by atoms with E-state index in [0.29, 0.717) is 24.7 Å². The number of thiocarbonyl (C=S) groups is 1. The van der Waals surface area contributed by atoms with E-state index in [1.807, 2.05) is 15.5 Å². The molecular formula is C21H21Cl3N5O4S-. The van der Waals surface area contributed by atoms with Crippen molar-refractivity contribution >= 4 is 63.7 Å². The Hall–Kier alpha value is -2.08. The molecule has 182 valence electrons. The number of nitrogens with zero attached hydrogens (tertiary/aromatic N) is 3. The normalized spacial score (nSPS) is 20.2. The van der Waals surface area contributed by atoms with Gasteiger partial charge in [-0.1, -0.05) is 40.9 Å². The van der Waals surface area contributed by atoms with Crippen LogP contribution in [-0.4, -0.2) is 48.7 Å². The van der Waals surface area contributed by atoms with Crippen molar-refractivity contribution in [3.63, 3.8) is 0 Å². The van der Waals surface area contributed by atoms with Crippen molar-refractivity contribution in [2.45, 2.75) is 28.8 Å². The highest BCUT2D eigenvalue weighted by Crippen LogP contribution is 2.35. The average Bonchev–Trinajstić information content (AvgIpc) is 2.78. The minimum Gasteiger partial charge on any atom is -0.733 e. The number of piperidine rings is 1. The molecule has 3 N–H and O–H groups in total. The van der Waals surface area contributed by atoms with Gasteiger partial charge in [0.15, 0.2) is 5.11 Å². The van der Waals surface area contributed by atoms with E-state index >= 15 is 0 Å². The molecule has 9 nitrogen and oxygen atoms in total. The Morgan fingerprint density at radius 1 is 1.15 bits per heavy atom. The van der Waals surface area contributed by atoms with Crippen molar-refractivity contribution in [3.05, 3.63) is 69.3 Å². The minimum atomic E-state index is -1.93. The van der Waals surface area contributed by atoms with E-state index in [2.05, 4.69) is 10.6 Å². The molecule has 13 heteroatoms. The zero-order chi connectivity index (χ0) is 24.6. The molecule has 1 aromatic heterocycles. The van der Waals surface area contributed by atoms with Gasteiger partial charge in [-0.25, -0.2) is 0 Å². The maximum atomic E-state index is 12.7. The number of hydrogen-bond donors (Lipinski definition) is 3. The number of anilines is 1. The molecule has 1 unspecified atom stereocenters. The number of hydrogen-bond acceptors (Lipinski definition) is 6. The Bertz CT molecular complexity index is 1140. The number of pyridine rings is 1. The highest BCUT2D eigenvalue weighted by Gasteiger charge is 2.39. The first-order chi connectivity index (χ1) is 16.0. The summed E-state index contributed by atoms with van der Waals surface area (Å²) in [5.74, 6) is -0.206. The molecule has 2 aliphatic heterocycles. The molecule has 2 bridgehead atoms. The topological polar surface area (TPSA) is 113 Å². The first-order valence-corrected chi connectivity index (χ1v) is 12.0. The molecule has 1 saturated heterocycles. The van der Waals surface area contributed by atoms with Crippen molar-refractivity contribution in [1.29, 1.82) is 0 Å². The van der Waals surface area contributed by atoms with Gasteiger partial charge in [0.1, 0.15) is 6.17 Å². The summed E-state index contributed by atoms with van der Waals surface area (Å²) >= 11 is 23.9. The zero-order valence-corrected chi connectivity index (χ0v) is 20.7. The Morgan fingerprint density at radius 3 is 2.50 bits per heavy atom. The maximum Gasteiger partial charge on any atom is 0.252 e. The van der Waals surface area contributed by atoms with Crippen LogP contribution in [0.1, 0.15) is 28.4 Å². The van der Waals surface area contributed by atoms with Gasteiger partial charge < -0.3 is 30.5 Å². The van der Waals surface area contributed by atoms with Gasteiger partial charge >= 0.3 is 0 Å². The molecule has 2 aromatic rings. The first-order valence-electron chi connectivity index (χ1n) is 10.4. The zero-order valence-electron chi connectivity index (χ0n) is 17.7. The Labute approximate surface area is 215 Å². The van der Waals surface area contributed by atoms with Gasteiger partial charge in [0, 0.05) is 42.9 Å². The largest absolute Gasteiger partial charge is 0.733 e. The molecule has 3 heterocycles. The molecule has 4 rings (SSSR count). The molecule has 0 spiro atoms. The van der Waals surface area contributed by atoms with E-state index in [1.54, 1.807) is 12.1 Å². The number of halogens is 3. The second kappa shape index (κ2) is 9.88. The van der Waals surface area contributed by atoms with E-state index in [1.165, 1.54) is 24.3 Å². The van der Waals surface area contributed by atoms with Crippen LogP contribution < -0.4 is 21.4 Å². The third kappa shape index (κ3) is 5.42. The molecule has 1 aromatic carbocycles. The summed E-state index contributed by atoms with van der Waals surface area (Å²) < 4.78 is -0.104. The second-order valence-corrected chi connectivity index (χ2v) is 11.1. The van der Waals surface area contributed by atoms with Crippen LogP contribution in [0.25, 0.3) is 0 Å². The summed E-state index contributed by atoms with van der Waals surface area (Å²) in [5.41, 5.74) is 1.13. The fourth-order valence-electron chi connectivity index (χ4n) is 4.43. The summed E-state index contributed by atoms with van der Waals surface area (Å²) in [6.45, 7) is 1.82. The highest BCUT2D eigenvalue weighted by atomic mass is 35.6. The van der Waals surface area contributed by atoms with Gasteiger partial charge in [-0.15, -0.1) is 0 Å². The van der Waals surface area contributed by atoms with E-state index < -0.39 is 15.9 Å². The van der Waals surface area contributed by atoms with Crippen molar-refractivity contribution in [2.24, 2.45) is 5.92 Å². The number of nitrogens with one attached hydrogen (secondary N) is 2. The number of alkyl halides is 3. The number of amides is 1. The predicted molar refractivity (Wildman–Crippen MR) is 134 cm³/mol. The van der Waals surface area contributed by atoms with Gasteiger partial charge in [-0.05, 0) is 54.9 Å². The van der Waals surface area contributed by atoms with Crippen molar-refractivity contribution in [2.75, 3.05) is 18.3 Å². The highest BCUT2D eigenvalue weighted by molar-refractivity contribution is 7.80. The molecule has 0 radical (unpaired) electrons. The van der Waals surface area contributed by atoms with Gasteiger partial charge in [0.05, 0.1) is 5.69 Å². The van der Waals surface area contributed by atoms with Crippen LogP contribution in [0.15, 0.2) is 47.3 Å². The van der Waals surface area contributed by atoms with Gasteiger partial charge in [0.2, 0.25) is 3.79 Å². The fraction of sp³-hybridized carbons (Fsp3) is 0.381. The lowest BCUT2D eigenvalue weighted by Crippen LogP contribution is -2.60. The number of fused-ring (bicyclic) bond motifs is 4. The molecule has 0 saturated carbocycles. The van der Waals surface area contributed by atoms with Crippen LogP contribution in [0.3, 0.4) is 0 Å². The number of benzene rings is 1. The molecule has 34 heavy (non-hydrogen) atoms. The summed E-state index contributed by atoms with van der Waals surface area (Å²) in [7, 11) is 0. The van der Waals surface area contributed by atoms with Crippen LogP contribution in [0.2, 0.25) is 0 Å². The summed E-state index contributed by atoms with van der Waals surface area (Å²) in [4.78, 5) is 26.9. The number of carbonyl (C=O) groups excluding carboxylic acids is 1. The van der Waals surface area contributed by atoms with Crippen molar-refractivity contribution in [3.8, 4) is 0 Å². The average molecular weight is 546 g/mol. The molecule has 3 atom stereocenters. The Kier molecular flexibility index (Phi) is 7.28. The lowest BCUT2D eigenvalue weighted by atomic mass is 9.83. The first kappa shape index (κ1) is 25.0. The number of likely N-dealkylation sites (tertiary alicyclic amines) is 1. The van der Waals surface area contributed by atoms with Crippen molar-refractivity contribution in [1.82, 2.24) is 20.1 Å². The van der Waals surface area contributed by atoms with Crippen LogP contribution in [0.5, 0.6) is 0 Å². The second-order valence-electron chi connectivity index (χ2n) is 8.32. The summed E-state index contributed by atoms with van der Waals surface area (Å²) in [5, 5.41) is 25.4. The molecule has 2 aliphatic rings. The van der Waals surface area contributed by atoms with E-state index in [0.717, 1.165) is 12.1 Å². The monoisotopic (exact) mass is 544 g/mol. The smallest absolute Gasteiger partial charge is 0.252 e. The molecule has 1 fully saturated rings. The third-order valence-corrected chi connectivity index (χ3v) is 7.02. The van der Waals surface area contributed by atoms with E-state index in [9.17, 15) is 14.8 Å². The van der Waals surface area contributed by atoms with Crippen LogP contribution >= 0.6 is 47.0 Å². The van der Waals surface area contributed by atoms with Gasteiger partial charge in [-0.3, -0.25) is 14.8 Å². The van der Waals surface area contributed by atoms with Gasteiger partial charge in [-0.2, -0.15) is 0 Å². The lowest BCUT2D eigenvalue weighted by molar-refractivity contribution is 0.0932. The van der Waals surface area contributed by atoms with Crippen LogP contribution in [-0.2, 0) is 6.54 Å². The van der Waals surface area contributed by atoms with Gasteiger partial charge in [0.25, 0.3) is 11.5 Å². The molecule has 1 amide bonds. The molecular weight excluding hydrogens is 525 g/mol. The van der Waals surface area contributed by atoms with E-state index in [4.69, 9.17) is 52.2 Å². The number of carbonyl (C=O) groups is 1. The lowest BCUT2D eigenvalue weighted by Gasteiger charge is -2.44. The van der Waals surface area contributed by atoms with Crippen LogP contribution in [0.4, 0.5) is 5.69 Å². The van der Waals surface area contributed by atoms with Crippen molar-refractivity contribution < 1.29 is 10.0 Å². The summed E-state index contributed by atoms with van der Waals surface area (Å²) in [6.07, 6.45) is -0.194. The quantitative estimate of drug-likeness (QED) is 0.233. The SMILES string of the molecule is O=C(NC(NC(=S)N1C[C@@H]2C[C@H](C1)c1cccc(=O)n1C2)C(Cl)(Cl)Cl)c1ccc(N([O-])O)cc1. The minimum absolute atomic E-state index is 0.00434. The van der Waals surface area contributed by atoms with E-state index in [-0.39, 0.29) is 33.9 Å². The number of aromatic nitrogens is 1. The molecule has 0 aliphatic carbocycles. The standard InChI is InChI=1S/C21H21Cl3N5O4S/c22-21(23,24)19(25-18(31)13-4-6-15(7-5-13)29(32)33)26-20(34)27-9-12-8-14(11-27)16-2-1-3-17(30)28(16)10-12/h1-7,12,14,19,32H,8-11H2,(H,25,31)(H,26,34)/q-1/t12-,14+,19?/m0/s1. The Morgan fingerprint density at radius 2 is 1.85 bits per heavy atom. The number of rotatable bonds is 4. The maximum absolute atomic E-state index is 12.7. The summed E-state index contributed by atoms with van der Waals surface area (Å²) in [6, 6.07) is 10.5.